The quantitative estimate of drug-likeness (QED) is 0.549. The Labute approximate surface area is 155 Å². The molecule has 0 spiro atoms. The van der Waals surface area contributed by atoms with Gasteiger partial charge in [0.15, 0.2) is 11.5 Å². The second kappa shape index (κ2) is 7.88. The van der Waals surface area contributed by atoms with Crippen LogP contribution in [0.2, 0.25) is 0 Å². The molecule has 8 heteroatoms. The number of methoxy groups -OCH3 is 2. The number of nitrogens with zero attached hydrogens (tertiary/aromatic N) is 1. The number of para-hydroxylation sites is 1. The van der Waals surface area contributed by atoms with Crippen LogP contribution in [-0.4, -0.2) is 41.4 Å². The van der Waals surface area contributed by atoms with Gasteiger partial charge in [-0.25, -0.2) is 0 Å². The van der Waals surface area contributed by atoms with E-state index in [9.17, 15) is 14.7 Å². The molecule has 1 aliphatic rings. The van der Waals surface area contributed by atoms with Crippen LogP contribution in [0.1, 0.15) is 19.4 Å². The molecule has 0 aliphatic carbocycles. The average molecular weight is 380 g/mol. The first-order valence-corrected chi connectivity index (χ1v) is 8.73. The van der Waals surface area contributed by atoms with E-state index in [4.69, 9.17) is 21.7 Å². The Kier molecular flexibility index (Phi) is 6.07. The van der Waals surface area contributed by atoms with Gasteiger partial charge in [0.2, 0.25) is 0 Å². The van der Waals surface area contributed by atoms with E-state index >= 15 is 0 Å². The third-order valence-electron chi connectivity index (χ3n) is 3.69. The first-order chi connectivity index (χ1) is 11.8. The highest BCUT2D eigenvalue weighted by Crippen LogP contribution is 2.38. The Morgan fingerprint density at radius 1 is 1.32 bits per heavy atom. The fraction of sp³-hybridized carbons (Fsp3) is 0.353. The Bertz CT molecular complexity index is 745. The first-order valence-electron chi connectivity index (χ1n) is 7.50. The molecule has 2 rings (SSSR count). The Morgan fingerprint density at radius 3 is 2.52 bits per heavy atom. The van der Waals surface area contributed by atoms with E-state index in [-0.39, 0.29) is 10.2 Å². The molecule has 0 unspecified atom stereocenters. The topological polar surface area (TPSA) is 78.9 Å². The number of rotatable bonds is 6. The molecule has 0 radical (unpaired) electrons. The van der Waals surface area contributed by atoms with Gasteiger partial charge in [-0.05, 0) is 18.1 Å². The van der Waals surface area contributed by atoms with Crippen LogP contribution in [0.25, 0.3) is 6.08 Å². The Morgan fingerprint density at radius 2 is 2.00 bits per heavy atom. The molecule has 0 aromatic heterocycles. The van der Waals surface area contributed by atoms with Crippen molar-refractivity contribution in [3.8, 4) is 11.5 Å². The Balaban J connectivity index is 2.43. The predicted molar refractivity (Wildman–Crippen MR) is 98.2 cm³/mol. The molecule has 0 saturated carbocycles. The van der Waals surface area contributed by atoms with Gasteiger partial charge in [0, 0.05) is 5.56 Å². The van der Waals surface area contributed by atoms with E-state index in [2.05, 4.69) is 0 Å². The van der Waals surface area contributed by atoms with Crippen molar-refractivity contribution in [2.45, 2.75) is 19.9 Å². The van der Waals surface area contributed by atoms with Crippen molar-refractivity contribution in [2.24, 2.45) is 5.92 Å². The number of hydrogen-bond donors (Lipinski definition) is 0. The van der Waals surface area contributed by atoms with Crippen LogP contribution >= 0.6 is 24.0 Å². The first kappa shape index (κ1) is 19.3. The number of aliphatic carboxylic acids is 1. The summed E-state index contributed by atoms with van der Waals surface area (Å²) in [4.78, 5) is 25.6. The number of carboxylic acid groups (broad SMARTS) is 1. The maximum Gasteiger partial charge on any atom is 0.266 e. The fourth-order valence-electron chi connectivity index (χ4n) is 2.56. The molecule has 1 heterocycles. The number of carbonyl (C=O) groups excluding carboxylic acids is 2. The van der Waals surface area contributed by atoms with Crippen LogP contribution in [0.15, 0.2) is 23.1 Å². The monoisotopic (exact) mass is 380 g/mol. The summed E-state index contributed by atoms with van der Waals surface area (Å²) in [6, 6.07) is 4.18. The van der Waals surface area contributed by atoms with Gasteiger partial charge in [0.1, 0.15) is 4.32 Å². The zero-order valence-corrected chi connectivity index (χ0v) is 15.9. The summed E-state index contributed by atoms with van der Waals surface area (Å²) in [6.07, 6.45) is 1.62. The van der Waals surface area contributed by atoms with Gasteiger partial charge < -0.3 is 19.4 Å². The van der Waals surface area contributed by atoms with Gasteiger partial charge in [0.25, 0.3) is 5.91 Å². The third kappa shape index (κ3) is 3.80. The van der Waals surface area contributed by atoms with Crippen molar-refractivity contribution >= 4 is 46.3 Å². The Hall–Kier alpha value is -2.06. The van der Waals surface area contributed by atoms with Crippen LogP contribution in [0, 0.1) is 5.92 Å². The minimum Gasteiger partial charge on any atom is -0.548 e. The molecule has 0 N–H and O–H groups in total. The number of carbonyl (C=O) groups is 2. The van der Waals surface area contributed by atoms with Crippen LogP contribution in [0.5, 0.6) is 11.5 Å². The van der Waals surface area contributed by atoms with Gasteiger partial charge in [-0.2, -0.15) is 0 Å². The molecule has 1 amide bonds. The normalized spacial score (nSPS) is 17.3. The van der Waals surface area contributed by atoms with E-state index in [1.54, 1.807) is 38.1 Å². The molecule has 1 aliphatic heterocycles. The summed E-state index contributed by atoms with van der Waals surface area (Å²) in [5, 5.41) is 11.4. The molecule has 1 fully saturated rings. The van der Waals surface area contributed by atoms with Crippen molar-refractivity contribution in [1.29, 1.82) is 0 Å². The van der Waals surface area contributed by atoms with Gasteiger partial charge in [-0.3, -0.25) is 9.69 Å². The molecule has 1 saturated heterocycles. The van der Waals surface area contributed by atoms with E-state index in [0.29, 0.717) is 22.0 Å². The zero-order chi connectivity index (χ0) is 18.7. The van der Waals surface area contributed by atoms with Crippen molar-refractivity contribution < 1.29 is 24.2 Å². The number of amides is 1. The van der Waals surface area contributed by atoms with E-state index in [1.165, 1.54) is 14.2 Å². The summed E-state index contributed by atoms with van der Waals surface area (Å²) in [7, 11) is 3.03. The number of carboxylic acids is 1. The van der Waals surface area contributed by atoms with Gasteiger partial charge in [0.05, 0.1) is 31.1 Å². The lowest BCUT2D eigenvalue weighted by atomic mass is 10.0. The van der Waals surface area contributed by atoms with Gasteiger partial charge in [-0.1, -0.05) is 50.0 Å². The fourth-order valence-corrected chi connectivity index (χ4v) is 3.88. The molecule has 25 heavy (non-hydrogen) atoms. The highest BCUT2D eigenvalue weighted by Gasteiger charge is 2.39. The summed E-state index contributed by atoms with van der Waals surface area (Å²) in [5.74, 6) is -1.11. The predicted octanol–water partition coefficient (Wildman–Crippen LogP) is 1.68. The van der Waals surface area contributed by atoms with Crippen molar-refractivity contribution in [1.82, 2.24) is 4.90 Å². The maximum atomic E-state index is 12.7. The van der Waals surface area contributed by atoms with Gasteiger partial charge in [-0.15, -0.1) is 0 Å². The minimum atomic E-state index is -1.33. The molecular formula is C17H18NO5S2-. The van der Waals surface area contributed by atoms with Crippen molar-refractivity contribution in [2.75, 3.05) is 14.2 Å². The minimum absolute atomic E-state index is 0.195. The second-order valence-electron chi connectivity index (χ2n) is 5.64. The summed E-state index contributed by atoms with van der Waals surface area (Å²) >= 11 is 6.27. The number of thiocarbonyl (C=S) groups is 1. The number of ether oxygens (including phenoxy) is 2. The molecule has 6 nitrogen and oxygen atoms in total. The number of benzene rings is 1. The van der Waals surface area contributed by atoms with Crippen LogP contribution in [0.4, 0.5) is 0 Å². The number of hydrogen-bond acceptors (Lipinski definition) is 7. The largest absolute Gasteiger partial charge is 0.548 e. The van der Waals surface area contributed by atoms with Crippen molar-refractivity contribution in [3.63, 3.8) is 0 Å². The van der Waals surface area contributed by atoms with Crippen LogP contribution in [-0.2, 0) is 9.59 Å². The van der Waals surface area contributed by atoms with Crippen LogP contribution in [0.3, 0.4) is 0 Å². The van der Waals surface area contributed by atoms with E-state index in [0.717, 1.165) is 16.7 Å². The molecular weight excluding hydrogens is 362 g/mol. The smallest absolute Gasteiger partial charge is 0.266 e. The van der Waals surface area contributed by atoms with Crippen molar-refractivity contribution in [3.05, 3.63) is 28.7 Å². The summed E-state index contributed by atoms with van der Waals surface area (Å²) in [6.45, 7) is 3.40. The SMILES string of the molecule is COc1cccc(C=C2SC(=S)N([C@H](C(=O)[O-])C(C)C)C2=O)c1OC. The maximum absolute atomic E-state index is 12.7. The lowest BCUT2D eigenvalue weighted by Gasteiger charge is -2.30. The summed E-state index contributed by atoms with van der Waals surface area (Å²) in [5.41, 5.74) is 0.636. The molecule has 1 aromatic carbocycles. The molecule has 1 aromatic rings. The third-order valence-corrected chi connectivity index (χ3v) is 5.03. The average Bonchev–Trinajstić information content (AvgIpc) is 2.82. The van der Waals surface area contributed by atoms with Gasteiger partial charge >= 0.3 is 0 Å². The second-order valence-corrected chi connectivity index (χ2v) is 7.32. The molecule has 0 bridgehead atoms. The standard InChI is InChI=1S/C17H19NO5S2/c1-9(2)13(16(20)21)18-15(19)12(25-17(18)24)8-10-6-5-7-11(22-3)14(10)23-4/h5-9,13H,1-4H3,(H,20,21)/p-1/t13-/m0/s1. The zero-order valence-electron chi connectivity index (χ0n) is 14.3. The lowest BCUT2D eigenvalue weighted by molar-refractivity contribution is -0.311. The van der Waals surface area contributed by atoms with Crippen LogP contribution < -0.4 is 14.6 Å². The van der Waals surface area contributed by atoms with E-state index < -0.39 is 17.9 Å². The highest BCUT2D eigenvalue weighted by molar-refractivity contribution is 8.26. The molecule has 1 atom stereocenters. The van der Waals surface area contributed by atoms with E-state index in [1.807, 2.05) is 0 Å². The summed E-state index contributed by atoms with van der Waals surface area (Å²) < 4.78 is 10.8. The molecule has 134 valence electrons. The highest BCUT2D eigenvalue weighted by atomic mass is 32.2. The number of thioether (sulfide) groups is 1. The lowest BCUT2D eigenvalue weighted by Crippen LogP contribution is -2.52.